The zero-order valence-corrected chi connectivity index (χ0v) is 15.6. The lowest BCUT2D eigenvalue weighted by atomic mass is 9.78. The monoisotopic (exact) mass is 344 g/mol. The van der Waals surface area contributed by atoms with Gasteiger partial charge in [0.15, 0.2) is 0 Å². The van der Waals surface area contributed by atoms with Crippen LogP contribution in [0.25, 0.3) is 0 Å². The van der Waals surface area contributed by atoms with Crippen molar-refractivity contribution < 1.29 is 14.3 Å². The number of amides is 1. The van der Waals surface area contributed by atoms with E-state index in [-0.39, 0.29) is 12.0 Å². The zero-order chi connectivity index (χ0) is 18.4. The second-order valence-corrected chi connectivity index (χ2v) is 7.07. The van der Waals surface area contributed by atoms with E-state index < -0.39 is 5.60 Å². The summed E-state index contributed by atoms with van der Waals surface area (Å²) in [7, 11) is 0. The Morgan fingerprint density at radius 3 is 2.84 bits per heavy atom. The third-order valence-corrected chi connectivity index (χ3v) is 4.52. The third kappa shape index (κ3) is 4.73. The van der Waals surface area contributed by atoms with E-state index in [1.165, 1.54) is 0 Å². The van der Waals surface area contributed by atoms with Crippen LogP contribution in [0, 0.1) is 17.2 Å². The van der Waals surface area contributed by atoms with E-state index >= 15 is 0 Å². The molecule has 1 aliphatic carbocycles. The number of carbonyl (C=O) groups excluding carboxylic acids is 1. The molecule has 0 aromatic heterocycles. The molecule has 0 bridgehead atoms. The highest BCUT2D eigenvalue weighted by molar-refractivity contribution is 5.98. The fraction of sp³-hybridized carbons (Fsp3) is 0.600. The fourth-order valence-corrected chi connectivity index (χ4v) is 3.49. The number of anilines is 1. The molecule has 1 fully saturated rings. The van der Waals surface area contributed by atoms with Gasteiger partial charge in [0.25, 0.3) is 5.91 Å². The predicted octanol–water partition coefficient (Wildman–Crippen LogP) is 4.27. The van der Waals surface area contributed by atoms with Crippen molar-refractivity contribution in [3.63, 3.8) is 0 Å². The highest BCUT2D eigenvalue weighted by atomic mass is 16.5. The molecule has 0 spiro atoms. The van der Waals surface area contributed by atoms with Crippen molar-refractivity contribution in [1.82, 2.24) is 0 Å². The van der Waals surface area contributed by atoms with Gasteiger partial charge in [-0.15, -0.1) is 0 Å². The number of hydrogen-bond acceptors (Lipinski definition) is 4. The van der Waals surface area contributed by atoms with Crippen LogP contribution in [-0.4, -0.2) is 24.2 Å². The summed E-state index contributed by atoms with van der Waals surface area (Å²) in [6, 6.07) is 7.29. The van der Waals surface area contributed by atoms with Crippen LogP contribution in [0.4, 0.5) is 5.69 Å². The first-order valence-electron chi connectivity index (χ1n) is 9.06. The topological polar surface area (TPSA) is 71.3 Å². The normalized spacial score (nSPS) is 23.1. The number of nitriles is 1. The summed E-state index contributed by atoms with van der Waals surface area (Å²) in [5, 5.41) is 12.3. The summed E-state index contributed by atoms with van der Waals surface area (Å²) in [4.78, 5) is 13.0. The van der Waals surface area contributed by atoms with E-state index in [9.17, 15) is 10.1 Å². The molecule has 25 heavy (non-hydrogen) atoms. The van der Waals surface area contributed by atoms with Gasteiger partial charge in [0.1, 0.15) is 17.4 Å². The maximum absolute atomic E-state index is 13.0. The fourth-order valence-electron chi connectivity index (χ4n) is 3.49. The van der Waals surface area contributed by atoms with Crippen LogP contribution in [0.1, 0.15) is 58.9 Å². The first-order valence-corrected chi connectivity index (χ1v) is 9.06. The number of hydrogen-bond donors (Lipinski definition) is 1. The van der Waals surface area contributed by atoms with Gasteiger partial charge in [0.05, 0.1) is 17.4 Å². The van der Waals surface area contributed by atoms with Crippen LogP contribution in [0.3, 0.4) is 0 Å². The Morgan fingerprint density at radius 1 is 1.48 bits per heavy atom. The molecule has 0 heterocycles. The molecule has 1 amide bonds. The number of benzene rings is 1. The number of nitrogens with one attached hydrogen (secondary N) is 1. The first-order chi connectivity index (χ1) is 11.9. The van der Waals surface area contributed by atoms with Gasteiger partial charge in [-0.05, 0) is 58.1 Å². The van der Waals surface area contributed by atoms with Gasteiger partial charge in [-0.2, -0.15) is 5.26 Å². The molecule has 1 saturated carbocycles. The summed E-state index contributed by atoms with van der Waals surface area (Å²) >= 11 is 0. The molecule has 1 aromatic carbocycles. The second kappa shape index (κ2) is 8.35. The number of ether oxygens (including phenoxy) is 2. The summed E-state index contributed by atoms with van der Waals surface area (Å²) in [5.41, 5.74) is 0.0922. The van der Waals surface area contributed by atoms with Crippen LogP contribution in [0.2, 0.25) is 0 Å². The Balaban J connectivity index is 2.22. The van der Waals surface area contributed by atoms with Crippen molar-refractivity contribution in [2.75, 3.05) is 11.9 Å². The van der Waals surface area contributed by atoms with Crippen LogP contribution in [0.5, 0.6) is 5.75 Å². The van der Waals surface area contributed by atoms with E-state index in [4.69, 9.17) is 9.47 Å². The second-order valence-electron chi connectivity index (χ2n) is 7.07. The van der Waals surface area contributed by atoms with Crippen molar-refractivity contribution in [3.8, 4) is 11.8 Å². The average molecular weight is 344 g/mol. The average Bonchev–Trinajstić information content (AvgIpc) is 2.55. The van der Waals surface area contributed by atoms with Crippen molar-refractivity contribution >= 4 is 11.6 Å². The van der Waals surface area contributed by atoms with E-state index in [2.05, 4.69) is 18.3 Å². The standard InChI is InChI=1S/C20H28N2O3/c1-5-24-20(10-6-7-15(4)12-20)19(23)22-18-9-8-17(25-14(2)3)11-16(18)13-21/h8-9,11,14-15H,5-7,10,12H2,1-4H3,(H,22,23)/t15-,20-/m1/s1. The molecule has 0 saturated heterocycles. The molecular weight excluding hydrogens is 316 g/mol. The lowest BCUT2D eigenvalue weighted by Crippen LogP contribution is -2.48. The van der Waals surface area contributed by atoms with E-state index in [1.54, 1.807) is 18.2 Å². The molecule has 0 radical (unpaired) electrons. The summed E-state index contributed by atoms with van der Waals surface area (Å²) in [6.07, 6.45) is 3.54. The van der Waals surface area contributed by atoms with Gasteiger partial charge in [0, 0.05) is 12.7 Å². The van der Waals surface area contributed by atoms with Crippen molar-refractivity contribution in [1.29, 1.82) is 5.26 Å². The summed E-state index contributed by atoms with van der Waals surface area (Å²) in [6.45, 7) is 8.41. The molecule has 5 nitrogen and oxygen atoms in total. The number of rotatable bonds is 6. The Hall–Kier alpha value is -2.06. The van der Waals surface area contributed by atoms with Crippen LogP contribution in [-0.2, 0) is 9.53 Å². The quantitative estimate of drug-likeness (QED) is 0.836. The van der Waals surface area contributed by atoms with Gasteiger partial charge in [-0.3, -0.25) is 4.79 Å². The van der Waals surface area contributed by atoms with Crippen molar-refractivity contribution in [2.45, 2.75) is 65.1 Å². The lowest BCUT2D eigenvalue weighted by Gasteiger charge is -2.38. The van der Waals surface area contributed by atoms with Gasteiger partial charge < -0.3 is 14.8 Å². The van der Waals surface area contributed by atoms with Crippen molar-refractivity contribution in [2.24, 2.45) is 5.92 Å². The Labute approximate surface area is 150 Å². The number of nitrogens with zero attached hydrogens (tertiary/aromatic N) is 1. The van der Waals surface area contributed by atoms with Crippen LogP contribution >= 0.6 is 0 Å². The van der Waals surface area contributed by atoms with Gasteiger partial charge in [0.2, 0.25) is 0 Å². The highest BCUT2D eigenvalue weighted by Crippen LogP contribution is 2.36. The molecular formula is C20H28N2O3. The smallest absolute Gasteiger partial charge is 0.256 e. The molecule has 1 aromatic rings. The molecule has 2 atom stereocenters. The third-order valence-electron chi connectivity index (χ3n) is 4.52. The van der Waals surface area contributed by atoms with E-state index in [1.807, 2.05) is 20.8 Å². The molecule has 5 heteroatoms. The lowest BCUT2D eigenvalue weighted by molar-refractivity contribution is -0.147. The maximum atomic E-state index is 13.0. The highest BCUT2D eigenvalue weighted by Gasteiger charge is 2.42. The largest absolute Gasteiger partial charge is 0.491 e. The molecule has 0 unspecified atom stereocenters. The first kappa shape index (κ1) is 19.3. The van der Waals surface area contributed by atoms with Gasteiger partial charge >= 0.3 is 0 Å². The zero-order valence-electron chi connectivity index (χ0n) is 15.6. The molecule has 1 aliphatic rings. The minimum Gasteiger partial charge on any atom is -0.491 e. The van der Waals surface area contributed by atoms with Crippen molar-refractivity contribution in [3.05, 3.63) is 23.8 Å². The Bertz CT molecular complexity index is 647. The minimum atomic E-state index is -0.799. The Kier molecular flexibility index (Phi) is 6.44. The number of carbonyl (C=O) groups is 1. The van der Waals surface area contributed by atoms with Gasteiger partial charge in [-0.1, -0.05) is 13.3 Å². The van der Waals surface area contributed by atoms with E-state index in [0.29, 0.717) is 42.4 Å². The van der Waals surface area contributed by atoms with Crippen LogP contribution in [0.15, 0.2) is 18.2 Å². The summed E-state index contributed by atoms with van der Waals surface area (Å²) < 4.78 is 11.5. The van der Waals surface area contributed by atoms with Crippen LogP contribution < -0.4 is 10.1 Å². The molecule has 1 N–H and O–H groups in total. The summed E-state index contributed by atoms with van der Waals surface area (Å²) in [5.74, 6) is 0.911. The Morgan fingerprint density at radius 2 is 2.24 bits per heavy atom. The van der Waals surface area contributed by atoms with Gasteiger partial charge in [-0.25, -0.2) is 0 Å². The molecule has 0 aliphatic heterocycles. The van der Waals surface area contributed by atoms with E-state index in [0.717, 1.165) is 12.8 Å². The molecule has 136 valence electrons. The minimum absolute atomic E-state index is 0.0249. The predicted molar refractivity (Wildman–Crippen MR) is 97.5 cm³/mol. The maximum Gasteiger partial charge on any atom is 0.256 e. The SMILES string of the molecule is CCO[C@]1(C(=O)Nc2ccc(OC(C)C)cc2C#N)CCC[C@@H](C)C1. The molecule has 2 rings (SSSR count).